The van der Waals surface area contributed by atoms with Crippen molar-refractivity contribution < 1.29 is 0 Å². The van der Waals surface area contributed by atoms with Gasteiger partial charge in [-0.3, -0.25) is 11.3 Å². The fourth-order valence-electron chi connectivity index (χ4n) is 5.44. The summed E-state index contributed by atoms with van der Waals surface area (Å²) >= 11 is 0. The Hall–Kier alpha value is -0.520. The van der Waals surface area contributed by atoms with Crippen molar-refractivity contribution in [2.75, 3.05) is 0 Å². The van der Waals surface area contributed by atoms with Crippen LogP contribution in [0.2, 0.25) is 0 Å². The molecule has 0 aromatic rings. The highest BCUT2D eigenvalue weighted by Gasteiger charge is 2.50. The number of nitrogens with one attached hydrogen (secondary N) is 1. The van der Waals surface area contributed by atoms with E-state index in [2.05, 4.69) is 11.3 Å². The number of terminal acetylenes is 1. The van der Waals surface area contributed by atoms with Crippen molar-refractivity contribution in [1.29, 1.82) is 0 Å². The first-order chi connectivity index (χ1) is 8.81. The van der Waals surface area contributed by atoms with E-state index in [4.69, 9.17) is 12.3 Å². The highest BCUT2D eigenvalue weighted by atomic mass is 15.2. The summed E-state index contributed by atoms with van der Waals surface area (Å²) in [6.45, 7) is 0. The summed E-state index contributed by atoms with van der Waals surface area (Å²) in [5, 5.41) is 0. The Morgan fingerprint density at radius 3 is 2.22 bits per heavy atom. The van der Waals surface area contributed by atoms with Crippen LogP contribution < -0.4 is 11.3 Å². The van der Waals surface area contributed by atoms with Crippen LogP contribution in [0.4, 0.5) is 0 Å². The lowest BCUT2D eigenvalue weighted by atomic mass is 9.50. The van der Waals surface area contributed by atoms with Gasteiger partial charge in [-0.2, -0.15) is 0 Å². The van der Waals surface area contributed by atoms with E-state index in [1.807, 2.05) is 0 Å². The van der Waals surface area contributed by atoms with E-state index in [1.54, 1.807) is 0 Å². The van der Waals surface area contributed by atoms with Gasteiger partial charge < -0.3 is 0 Å². The third kappa shape index (κ3) is 2.19. The Labute approximate surface area is 111 Å². The third-order valence-electron chi connectivity index (χ3n) is 5.81. The first-order valence-corrected chi connectivity index (χ1v) is 7.71. The van der Waals surface area contributed by atoms with Crippen LogP contribution in [0, 0.1) is 41.9 Å². The Bertz CT molecular complexity index is 302. The van der Waals surface area contributed by atoms with Crippen molar-refractivity contribution in [2.45, 2.75) is 57.4 Å². The van der Waals surface area contributed by atoms with Crippen LogP contribution in [0.5, 0.6) is 0 Å². The molecular weight excluding hydrogens is 220 g/mol. The van der Waals surface area contributed by atoms with Crippen molar-refractivity contribution in [3.05, 3.63) is 0 Å². The molecule has 0 aliphatic heterocycles. The van der Waals surface area contributed by atoms with E-state index in [0.717, 1.165) is 48.9 Å². The van der Waals surface area contributed by atoms with Gasteiger partial charge in [0.25, 0.3) is 0 Å². The Morgan fingerprint density at radius 2 is 1.72 bits per heavy atom. The molecule has 100 valence electrons. The van der Waals surface area contributed by atoms with Gasteiger partial charge in [-0.05, 0) is 74.5 Å². The molecule has 4 fully saturated rings. The monoisotopic (exact) mass is 246 g/mol. The molecule has 4 aliphatic rings. The van der Waals surface area contributed by atoms with E-state index >= 15 is 0 Å². The number of hydrazine groups is 1. The summed E-state index contributed by atoms with van der Waals surface area (Å²) in [5.41, 5.74) is 3.12. The fraction of sp³-hybridized carbons (Fsp3) is 0.875. The minimum Gasteiger partial charge on any atom is -0.271 e. The highest BCUT2D eigenvalue weighted by molar-refractivity contribution is 5.01. The molecule has 0 heterocycles. The molecule has 4 bridgehead atoms. The van der Waals surface area contributed by atoms with Gasteiger partial charge in [0.1, 0.15) is 0 Å². The molecule has 4 saturated carbocycles. The summed E-state index contributed by atoms with van der Waals surface area (Å²) in [5.74, 6) is 13.4. The number of hydrogen-bond donors (Lipinski definition) is 2. The van der Waals surface area contributed by atoms with Crippen LogP contribution in [0.3, 0.4) is 0 Å². The number of rotatable bonds is 5. The molecule has 0 spiro atoms. The molecule has 2 heteroatoms. The van der Waals surface area contributed by atoms with Gasteiger partial charge in [-0.15, -0.1) is 12.3 Å². The topological polar surface area (TPSA) is 38.0 Å². The summed E-state index contributed by atoms with van der Waals surface area (Å²) in [6, 6.07) is 0.508. The normalized spacial score (nSPS) is 42.8. The maximum Gasteiger partial charge on any atom is 0.0244 e. The summed E-state index contributed by atoms with van der Waals surface area (Å²) in [6.07, 6.45) is 16.0. The van der Waals surface area contributed by atoms with Gasteiger partial charge in [-0.1, -0.05) is 0 Å². The second-order valence-corrected chi connectivity index (χ2v) is 6.88. The number of unbranched alkanes of at least 4 members (excludes halogenated alkanes) is 1. The van der Waals surface area contributed by atoms with Crippen molar-refractivity contribution in [2.24, 2.45) is 35.4 Å². The zero-order chi connectivity index (χ0) is 12.5. The lowest BCUT2D eigenvalue weighted by Gasteiger charge is -2.56. The van der Waals surface area contributed by atoms with Gasteiger partial charge in [0.05, 0.1) is 0 Å². The maximum absolute atomic E-state index is 5.83. The highest BCUT2D eigenvalue weighted by Crippen LogP contribution is 2.57. The molecule has 2 nitrogen and oxygen atoms in total. The van der Waals surface area contributed by atoms with Crippen molar-refractivity contribution >= 4 is 0 Å². The smallest absolute Gasteiger partial charge is 0.0244 e. The molecule has 18 heavy (non-hydrogen) atoms. The van der Waals surface area contributed by atoms with E-state index in [9.17, 15) is 0 Å². The molecule has 1 atom stereocenters. The Morgan fingerprint density at radius 1 is 1.11 bits per heavy atom. The molecule has 0 radical (unpaired) electrons. The van der Waals surface area contributed by atoms with E-state index in [-0.39, 0.29) is 0 Å². The third-order valence-corrected chi connectivity index (χ3v) is 5.81. The molecule has 3 N–H and O–H groups in total. The molecule has 1 unspecified atom stereocenters. The second-order valence-electron chi connectivity index (χ2n) is 6.88. The van der Waals surface area contributed by atoms with Crippen LogP contribution in [0.25, 0.3) is 0 Å². The standard InChI is InChI=1S/C16H26N2/c1-2-3-4-5-15(18-17)16-13-7-11-6-12(9-13)10-14(16)8-11/h1,11-16,18H,3-10,17H2. The molecule has 0 amide bonds. The Kier molecular flexibility index (Phi) is 3.63. The van der Waals surface area contributed by atoms with Crippen molar-refractivity contribution in [3.8, 4) is 12.3 Å². The summed E-state index contributed by atoms with van der Waals surface area (Å²) < 4.78 is 0. The molecule has 0 aromatic heterocycles. The van der Waals surface area contributed by atoms with E-state index in [1.165, 1.54) is 32.1 Å². The van der Waals surface area contributed by atoms with Crippen LogP contribution in [0.1, 0.15) is 51.4 Å². The number of hydrogen-bond acceptors (Lipinski definition) is 2. The van der Waals surface area contributed by atoms with Crippen molar-refractivity contribution in [1.82, 2.24) is 5.43 Å². The second kappa shape index (κ2) is 5.23. The quantitative estimate of drug-likeness (QED) is 0.339. The number of nitrogens with two attached hydrogens (primary N) is 1. The van der Waals surface area contributed by atoms with E-state index in [0.29, 0.717) is 6.04 Å². The Balaban J connectivity index is 1.65. The van der Waals surface area contributed by atoms with Gasteiger partial charge in [-0.25, -0.2) is 0 Å². The van der Waals surface area contributed by atoms with Crippen LogP contribution in [0.15, 0.2) is 0 Å². The average Bonchev–Trinajstić information content (AvgIpc) is 2.35. The van der Waals surface area contributed by atoms with E-state index < -0.39 is 0 Å². The zero-order valence-corrected chi connectivity index (χ0v) is 11.3. The van der Waals surface area contributed by atoms with Crippen LogP contribution >= 0.6 is 0 Å². The largest absolute Gasteiger partial charge is 0.271 e. The summed E-state index contributed by atoms with van der Waals surface area (Å²) in [7, 11) is 0. The lowest BCUT2D eigenvalue weighted by Crippen LogP contribution is -2.54. The molecule has 4 aliphatic carbocycles. The predicted octanol–water partition coefficient (Wildman–Crippen LogP) is 2.69. The van der Waals surface area contributed by atoms with Crippen LogP contribution in [-0.2, 0) is 0 Å². The zero-order valence-electron chi connectivity index (χ0n) is 11.3. The minimum atomic E-state index is 0.508. The molecule has 0 aromatic carbocycles. The molecule has 0 saturated heterocycles. The molecule has 4 rings (SSSR count). The minimum absolute atomic E-state index is 0.508. The first kappa shape index (κ1) is 12.5. The predicted molar refractivity (Wildman–Crippen MR) is 74.3 cm³/mol. The SMILES string of the molecule is C#CCCCC(NN)C1C2CC3CC(C2)CC1C3. The van der Waals surface area contributed by atoms with Gasteiger partial charge in [0.15, 0.2) is 0 Å². The van der Waals surface area contributed by atoms with Gasteiger partial charge in [0, 0.05) is 12.5 Å². The molecular formula is C16H26N2. The fourth-order valence-corrected chi connectivity index (χ4v) is 5.44. The van der Waals surface area contributed by atoms with Crippen LogP contribution in [-0.4, -0.2) is 6.04 Å². The van der Waals surface area contributed by atoms with Crippen molar-refractivity contribution in [3.63, 3.8) is 0 Å². The maximum atomic E-state index is 5.83. The first-order valence-electron chi connectivity index (χ1n) is 7.71. The lowest BCUT2D eigenvalue weighted by molar-refractivity contribution is -0.0531. The van der Waals surface area contributed by atoms with Gasteiger partial charge >= 0.3 is 0 Å². The summed E-state index contributed by atoms with van der Waals surface area (Å²) in [4.78, 5) is 0. The average molecular weight is 246 g/mol. The van der Waals surface area contributed by atoms with Gasteiger partial charge in [0.2, 0.25) is 0 Å².